The Morgan fingerprint density at radius 3 is 2.79 bits per heavy atom. The fourth-order valence-corrected chi connectivity index (χ4v) is 4.16. The summed E-state index contributed by atoms with van der Waals surface area (Å²) in [5, 5.41) is 7.32. The van der Waals surface area contributed by atoms with E-state index in [4.69, 9.17) is 17.3 Å². The van der Waals surface area contributed by atoms with Gasteiger partial charge in [0.1, 0.15) is 29.4 Å². The van der Waals surface area contributed by atoms with Crippen molar-refractivity contribution in [2.24, 2.45) is 5.73 Å². The molecule has 0 bridgehead atoms. The van der Waals surface area contributed by atoms with Crippen molar-refractivity contribution < 1.29 is 18.8 Å². The predicted octanol–water partition coefficient (Wildman–Crippen LogP) is 2.55. The van der Waals surface area contributed by atoms with Gasteiger partial charge in [0.15, 0.2) is 5.69 Å². The number of fused-ring (bicyclic) bond motifs is 2. The molecule has 0 unspecified atom stereocenters. The normalized spacial score (nSPS) is 16.4. The minimum atomic E-state index is -0.964. The van der Waals surface area contributed by atoms with Gasteiger partial charge in [0.05, 0.1) is 11.2 Å². The zero-order valence-electron chi connectivity index (χ0n) is 17.4. The van der Waals surface area contributed by atoms with Crippen molar-refractivity contribution in [3.8, 4) is 0 Å². The van der Waals surface area contributed by atoms with E-state index in [1.54, 1.807) is 42.5 Å². The molecule has 170 valence electrons. The minimum Gasteiger partial charge on any atom is -0.364 e. The monoisotopic (exact) mass is 478 g/mol. The number of pyridine rings is 1. The van der Waals surface area contributed by atoms with Gasteiger partial charge < -0.3 is 11.1 Å². The summed E-state index contributed by atoms with van der Waals surface area (Å²) in [6.45, 7) is -0.356. The van der Waals surface area contributed by atoms with Crippen LogP contribution in [0.25, 0.3) is 10.9 Å². The molecule has 0 saturated heterocycles. The molecule has 3 N–H and O–H groups in total. The molecule has 5 rings (SSSR count). The number of rotatable bonds is 5. The second kappa shape index (κ2) is 8.23. The Balaban J connectivity index is 1.46. The van der Waals surface area contributed by atoms with Crippen molar-refractivity contribution in [1.82, 2.24) is 19.7 Å². The highest BCUT2D eigenvalue weighted by atomic mass is 35.5. The molecule has 34 heavy (non-hydrogen) atoms. The molecule has 1 aliphatic carbocycles. The van der Waals surface area contributed by atoms with Gasteiger partial charge in [0, 0.05) is 5.39 Å². The van der Waals surface area contributed by atoms with E-state index in [2.05, 4.69) is 15.4 Å². The number of nitrogens with one attached hydrogen (secondary N) is 1. The summed E-state index contributed by atoms with van der Waals surface area (Å²) in [4.78, 5) is 43.7. The summed E-state index contributed by atoms with van der Waals surface area (Å²) in [6, 6.07) is 7.55. The van der Waals surface area contributed by atoms with Gasteiger partial charge in [-0.05, 0) is 48.1 Å². The van der Waals surface area contributed by atoms with E-state index < -0.39 is 29.6 Å². The van der Waals surface area contributed by atoms with Crippen LogP contribution in [0, 0.1) is 5.82 Å². The Morgan fingerprint density at radius 1 is 1.21 bits per heavy atom. The number of benzene rings is 1. The topological polar surface area (TPSA) is 123 Å². The number of nitrogens with zero attached hydrogens (tertiary/aromatic N) is 4. The van der Waals surface area contributed by atoms with Crippen molar-refractivity contribution >= 4 is 46.0 Å². The number of aromatic nitrogens is 3. The van der Waals surface area contributed by atoms with Crippen molar-refractivity contribution in [2.75, 3.05) is 5.32 Å². The number of allylic oxidation sites excluding steroid dienone is 3. The van der Waals surface area contributed by atoms with Crippen LogP contribution in [0.1, 0.15) is 10.5 Å². The number of anilines is 1. The molecule has 0 saturated carbocycles. The number of halogens is 2. The SMILES string of the molecule is NC(=O)c1nn(CC(=O)N2C3=CC=CC3=C[C@H]2C(=O)Nc2cccc(Cl)n2)c2cc(F)ccc12. The first-order valence-corrected chi connectivity index (χ1v) is 10.5. The Hall–Kier alpha value is -4.31. The molecule has 9 nitrogen and oxygen atoms in total. The maximum atomic E-state index is 13.9. The van der Waals surface area contributed by atoms with E-state index in [1.165, 1.54) is 27.8 Å². The van der Waals surface area contributed by atoms with Gasteiger partial charge in [-0.3, -0.25) is 24.0 Å². The number of hydrogen-bond acceptors (Lipinski definition) is 5. The first-order valence-electron chi connectivity index (χ1n) is 10.1. The van der Waals surface area contributed by atoms with Gasteiger partial charge in [-0.25, -0.2) is 9.37 Å². The first-order chi connectivity index (χ1) is 16.3. The van der Waals surface area contributed by atoms with Crippen LogP contribution in [-0.2, 0) is 16.1 Å². The lowest BCUT2D eigenvalue weighted by Gasteiger charge is -2.25. The second-order valence-corrected chi connectivity index (χ2v) is 8.00. The Bertz CT molecular complexity index is 1470. The molecule has 0 fully saturated rings. The zero-order chi connectivity index (χ0) is 24.0. The van der Waals surface area contributed by atoms with Gasteiger partial charge in [0.2, 0.25) is 5.91 Å². The van der Waals surface area contributed by atoms with E-state index in [0.29, 0.717) is 16.7 Å². The highest BCUT2D eigenvalue weighted by molar-refractivity contribution is 6.29. The zero-order valence-corrected chi connectivity index (χ0v) is 18.2. The van der Waals surface area contributed by atoms with E-state index in [0.717, 1.165) is 0 Å². The smallest absolute Gasteiger partial charge is 0.269 e. The Morgan fingerprint density at radius 2 is 2.03 bits per heavy atom. The van der Waals surface area contributed by atoms with Gasteiger partial charge in [-0.15, -0.1) is 0 Å². The highest BCUT2D eigenvalue weighted by Crippen LogP contribution is 2.33. The molecule has 0 spiro atoms. The number of hydrogen-bond donors (Lipinski definition) is 2. The first kappa shape index (κ1) is 21.5. The quantitative estimate of drug-likeness (QED) is 0.545. The molecule has 2 aromatic heterocycles. The van der Waals surface area contributed by atoms with Crippen molar-refractivity contribution in [3.05, 3.63) is 88.6 Å². The largest absolute Gasteiger partial charge is 0.364 e. The van der Waals surface area contributed by atoms with Crippen molar-refractivity contribution in [1.29, 1.82) is 0 Å². The summed E-state index contributed by atoms with van der Waals surface area (Å²) in [5.41, 5.74) is 6.81. The predicted molar refractivity (Wildman–Crippen MR) is 122 cm³/mol. The van der Waals surface area contributed by atoms with Crippen LogP contribution in [0.2, 0.25) is 5.15 Å². The summed E-state index contributed by atoms with van der Waals surface area (Å²) in [6.07, 6.45) is 6.91. The fourth-order valence-electron chi connectivity index (χ4n) is 3.99. The number of carbonyl (C=O) groups excluding carboxylic acids is 3. The Kier molecular flexibility index (Phi) is 5.21. The van der Waals surface area contributed by atoms with Crippen molar-refractivity contribution in [2.45, 2.75) is 12.6 Å². The number of carbonyl (C=O) groups is 3. The molecule has 1 aliphatic heterocycles. The third-order valence-electron chi connectivity index (χ3n) is 5.44. The molecule has 2 aliphatic rings. The number of primary amides is 1. The maximum Gasteiger partial charge on any atom is 0.269 e. The van der Waals surface area contributed by atoms with Crippen LogP contribution in [0.4, 0.5) is 10.2 Å². The van der Waals surface area contributed by atoms with Gasteiger partial charge in [0.25, 0.3) is 11.8 Å². The van der Waals surface area contributed by atoms with Crippen LogP contribution in [0.15, 0.2) is 72.0 Å². The summed E-state index contributed by atoms with van der Waals surface area (Å²) in [7, 11) is 0. The van der Waals surface area contributed by atoms with Gasteiger partial charge in [-0.2, -0.15) is 5.10 Å². The van der Waals surface area contributed by atoms with E-state index in [-0.39, 0.29) is 28.7 Å². The standard InChI is InChI=1S/C23H16ClFN6O3/c24-18-5-2-6-19(27-18)28-23(34)17-9-12-3-1-4-15(12)31(17)20(32)11-30-16-10-13(25)7-8-14(16)21(29-30)22(26)33/h1-10,17H,11H2,(H2,26,33)(H,27,28,34)/t17-/m0/s1. The summed E-state index contributed by atoms with van der Waals surface area (Å²) < 4.78 is 15.1. The third kappa shape index (κ3) is 3.73. The Labute approximate surface area is 197 Å². The lowest BCUT2D eigenvalue weighted by atomic mass is 10.2. The molecular weight excluding hydrogens is 463 g/mol. The van der Waals surface area contributed by atoms with Gasteiger partial charge >= 0.3 is 0 Å². The lowest BCUT2D eigenvalue weighted by molar-refractivity contribution is -0.134. The molecular formula is C23H16ClFN6O3. The van der Waals surface area contributed by atoms with Crippen LogP contribution in [0.5, 0.6) is 0 Å². The molecule has 11 heteroatoms. The molecule has 3 aromatic rings. The van der Waals surface area contributed by atoms with Gasteiger partial charge in [-0.1, -0.05) is 29.8 Å². The molecule has 3 amide bonds. The maximum absolute atomic E-state index is 13.9. The van der Waals surface area contributed by atoms with Crippen LogP contribution < -0.4 is 11.1 Å². The van der Waals surface area contributed by atoms with Crippen LogP contribution in [0.3, 0.4) is 0 Å². The van der Waals surface area contributed by atoms with Crippen molar-refractivity contribution in [3.63, 3.8) is 0 Å². The molecule has 1 atom stereocenters. The van der Waals surface area contributed by atoms with E-state index in [9.17, 15) is 18.8 Å². The third-order valence-corrected chi connectivity index (χ3v) is 5.65. The minimum absolute atomic E-state index is 0.0777. The fraction of sp³-hybridized carbons (Fsp3) is 0.0870. The number of amides is 3. The molecule has 1 aromatic carbocycles. The van der Waals surface area contributed by atoms with E-state index >= 15 is 0 Å². The highest BCUT2D eigenvalue weighted by Gasteiger charge is 2.38. The van der Waals surface area contributed by atoms with Crippen LogP contribution in [-0.4, -0.2) is 43.4 Å². The lowest BCUT2D eigenvalue weighted by Crippen LogP contribution is -2.44. The second-order valence-electron chi connectivity index (χ2n) is 7.61. The average Bonchev–Trinajstić information content (AvgIpc) is 3.46. The summed E-state index contributed by atoms with van der Waals surface area (Å²) in [5.74, 6) is -2.11. The van der Waals surface area contributed by atoms with Crippen LogP contribution >= 0.6 is 11.6 Å². The summed E-state index contributed by atoms with van der Waals surface area (Å²) >= 11 is 5.89. The molecule has 3 heterocycles. The van der Waals surface area contributed by atoms with E-state index in [1.807, 2.05) is 0 Å². The number of nitrogens with two attached hydrogens (primary N) is 1. The molecule has 0 radical (unpaired) electrons. The average molecular weight is 479 g/mol.